The minimum Gasteiger partial charge on any atom is -0.368 e. The van der Waals surface area contributed by atoms with Crippen molar-refractivity contribution in [2.75, 3.05) is 0 Å². The third-order valence-corrected chi connectivity index (χ3v) is 1.70. The van der Waals surface area contributed by atoms with Crippen molar-refractivity contribution < 1.29 is 14.6 Å². The summed E-state index contributed by atoms with van der Waals surface area (Å²) in [5, 5.41) is 8.87. The number of ether oxygens (including phenoxy) is 1. The van der Waals surface area contributed by atoms with E-state index < -0.39 is 6.29 Å². The van der Waals surface area contributed by atoms with Crippen molar-refractivity contribution in [3.63, 3.8) is 0 Å². The van der Waals surface area contributed by atoms with Crippen LogP contribution in [0.1, 0.15) is 26.2 Å². The predicted molar refractivity (Wildman–Crippen MR) is 35.4 cm³/mol. The van der Waals surface area contributed by atoms with Crippen LogP contribution in [0.5, 0.6) is 0 Å². The molecule has 0 aromatic carbocycles. The molecule has 1 fully saturated rings. The van der Waals surface area contributed by atoms with E-state index in [0.717, 1.165) is 0 Å². The molecule has 1 aliphatic rings. The second-order valence-electron chi connectivity index (χ2n) is 2.48. The van der Waals surface area contributed by atoms with Crippen molar-refractivity contribution in [1.82, 2.24) is 0 Å². The molecule has 0 saturated carbocycles. The quantitative estimate of drug-likeness (QED) is 0.612. The summed E-state index contributed by atoms with van der Waals surface area (Å²) in [6.45, 7) is 1.80. The Morgan fingerprint density at radius 3 is 2.80 bits per heavy atom. The number of aliphatic hydroxyl groups is 1. The molecule has 1 saturated heterocycles. The lowest BCUT2D eigenvalue weighted by Crippen LogP contribution is -2.19. The fourth-order valence-corrected chi connectivity index (χ4v) is 1.08. The van der Waals surface area contributed by atoms with Crippen LogP contribution in [0.3, 0.4) is 0 Å². The Labute approximate surface area is 60.0 Å². The monoisotopic (exact) mass is 144 g/mol. The Morgan fingerprint density at radius 1 is 1.70 bits per heavy atom. The smallest absolute Gasteiger partial charge is 0.161 e. The molecule has 1 unspecified atom stereocenters. The summed E-state index contributed by atoms with van der Waals surface area (Å²) >= 11 is 0. The summed E-state index contributed by atoms with van der Waals surface area (Å²) in [4.78, 5) is 10.9. The Morgan fingerprint density at radius 2 is 2.40 bits per heavy atom. The molecular weight excluding hydrogens is 132 g/mol. The second-order valence-corrected chi connectivity index (χ2v) is 2.48. The van der Waals surface area contributed by atoms with E-state index in [0.29, 0.717) is 19.3 Å². The van der Waals surface area contributed by atoms with Gasteiger partial charge in [-0.15, -0.1) is 0 Å². The normalized spacial score (nSPS) is 32.6. The van der Waals surface area contributed by atoms with Crippen LogP contribution < -0.4 is 0 Å². The number of rotatable bonds is 2. The highest BCUT2D eigenvalue weighted by atomic mass is 16.6. The van der Waals surface area contributed by atoms with Gasteiger partial charge in [-0.25, -0.2) is 0 Å². The molecule has 0 aromatic rings. The van der Waals surface area contributed by atoms with Crippen LogP contribution in [0.4, 0.5) is 0 Å². The van der Waals surface area contributed by atoms with Gasteiger partial charge in [0.25, 0.3) is 0 Å². The number of Topliss-reactive ketones (excluding diaryl/α,β-unsaturated/α-hetero) is 1. The third-order valence-electron chi connectivity index (χ3n) is 1.70. The van der Waals surface area contributed by atoms with Crippen molar-refractivity contribution in [1.29, 1.82) is 0 Å². The third kappa shape index (κ3) is 1.55. The Kier molecular flexibility index (Phi) is 2.40. The maximum Gasteiger partial charge on any atom is 0.161 e. The molecule has 1 heterocycles. The van der Waals surface area contributed by atoms with E-state index in [1.165, 1.54) is 0 Å². The molecule has 0 aromatic heterocycles. The molecule has 2 atom stereocenters. The number of carbonyl (C=O) groups is 1. The zero-order valence-corrected chi connectivity index (χ0v) is 6.04. The molecule has 58 valence electrons. The molecule has 0 spiro atoms. The Hall–Kier alpha value is -0.410. The first-order chi connectivity index (χ1) is 4.74. The summed E-state index contributed by atoms with van der Waals surface area (Å²) in [5.74, 6) is 0.0940. The van der Waals surface area contributed by atoms with Gasteiger partial charge in [-0.05, 0) is 6.42 Å². The highest BCUT2D eigenvalue weighted by Crippen LogP contribution is 2.18. The second kappa shape index (κ2) is 3.12. The number of hydrogen-bond acceptors (Lipinski definition) is 3. The van der Waals surface area contributed by atoms with Gasteiger partial charge in [-0.1, -0.05) is 6.92 Å². The molecule has 1 N–H and O–H groups in total. The molecule has 10 heavy (non-hydrogen) atoms. The average Bonchev–Trinajstić information content (AvgIpc) is 2.34. The number of carbonyl (C=O) groups excluding carboxylic acids is 1. The van der Waals surface area contributed by atoms with Crippen molar-refractivity contribution in [2.45, 2.75) is 38.6 Å². The molecule has 1 aliphatic heterocycles. The number of ketones is 1. The lowest BCUT2D eigenvalue weighted by Gasteiger charge is -2.06. The molecule has 1 rings (SSSR count). The number of hydrogen-bond donors (Lipinski definition) is 1. The van der Waals surface area contributed by atoms with E-state index in [2.05, 4.69) is 0 Å². The average molecular weight is 144 g/mol. The summed E-state index contributed by atoms with van der Waals surface area (Å²) in [5.41, 5.74) is 0. The first-order valence-corrected chi connectivity index (χ1v) is 3.60. The minimum atomic E-state index is -0.708. The fourth-order valence-electron chi connectivity index (χ4n) is 1.08. The van der Waals surface area contributed by atoms with Gasteiger partial charge in [-0.2, -0.15) is 0 Å². The van der Waals surface area contributed by atoms with Crippen LogP contribution in [-0.2, 0) is 9.53 Å². The lowest BCUT2D eigenvalue weighted by atomic mass is 10.1. The molecule has 3 heteroatoms. The van der Waals surface area contributed by atoms with E-state index in [1.54, 1.807) is 6.92 Å². The maximum atomic E-state index is 10.9. The molecule has 0 aliphatic carbocycles. The summed E-state index contributed by atoms with van der Waals surface area (Å²) in [6.07, 6.45) is 0.724. The van der Waals surface area contributed by atoms with Crippen LogP contribution in [0, 0.1) is 0 Å². The van der Waals surface area contributed by atoms with Gasteiger partial charge >= 0.3 is 0 Å². The van der Waals surface area contributed by atoms with Crippen LogP contribution in [-0.4, -0.2) is 23.3 Å². The van der Waals surface area contributed by atoms with E-state index >= 15 is 0 Å². The van der Waals surface area contributed by atoms with Crippen molar-refractivity contribution in [3.8, 4) is 0 Å². The van der Waals surface area contributed by atoms with E-state index in [4.69, 9.17) is 9.84 Å². The topological polar surface area (TPSA) is 46.5 Å². The predicted octanol–water partition coefficient (Wildman–Crippen LogP) is 0.463. The van der Waals surface area contributed by atoms with E-state index in [1.807, 2.05) is 0 Å². The standard InChI is InChI=1S/C7H12O3/c1-2-5(8)6-3-4-7(9)10-6/h6-7,9H,2-4H2,1H3/t6-,7?/m0/s1. The largest absolute Gasteiger partial charge is 0.368 e. The SMILES string of the molecule is CCC(=O)[C@@H]1CCC(O)O1. The summed E-state index contributed by atoms with van der Waals surface area (Å²) in [6, 6.07) is 0. The van der Waals surface area contributed by atoms with Gasteiger partial charge in [0.2, 0.25) is 0 Å². The summed E-state index contributed by atoms with van der Waals surface area (Å²) in [7, 11) is 0. The first kappa shape index (κ1) is 7.69. The van der Waals surface area contributed by atoms with Crippen LogP contribution in [0.2, 0.25) is 0 Å². The minimum absolute atomic E-state index is 0.0940. The first-order valence-electron chi connectivity index (χ1n) is 3.60. The number of aliphatic hydroxyl groups excluding tert-OH is 1. The van der Waals surface area contributed by atoms with E-state index in [9.17, 15) is 4.79 Å². The highest BCUT2D eigenvalue weighted by Gasteiger charge is 2.27. The molecule has 3 nitrogen and oxygen atoms in total. The van der Waals surface area contributed by atoms with Crippen molar-refractivity contribution in [3.05, 3.63) is 0 Å². The highest BCUT2D eigenvalue weighted by molar-refractivity contribution is 5.82. The lowest BCUT2D eigenvalue weighted by molar-refractivity contribution is -0.140. The van der Waals surface area contributed by atoms with E-state index in [-0.39, 0.29) is 11.9 Å². The van der Waals surface area contributed by atoms with Crippen molar-refractivity contribution >= 4 is 5.78 Å². The maximum absolute atomic E-state index is 10.9. The van der Waals surface area contributed by atoms with Gasteiger partial charge in [0, 0.05) is 12.8 Å². The molecule has 0 amide bonds. The van der Waals surface area contributed by atoms with Gasteiger partial charge < -0.3 is 9.84 Å². The molecule has 0 radical (unpaired) electrons. The fraction of sp³-hybridized carbons (Fsp3) is 0.857. The molecule has 0 bridgehead atoms. The zero-order chi connectivity index (χ0) is 7.56. The van der Waals surface area contributed by atoms with Gasteiger partial charge in [0.15, 0.2) is 12.1 Å². The van der Waals surface area contributed by atoms with Crippen LogP contribution >= 0.6 is 0 Å². The Balaban J connectivity index is 2.37. The zero-order valence-electron chi connectivity index (χ0n) is 6.04. The molecular formula is C7H12O3. The van der Waals surface area contributed by atoms with Crippen LogP contribution in [0.25, 0.3) is 0 Å². The van der Waals surface area contributed by atoms with Crippen molar-refractivity contribution in [2.24, 2.45) is 0 Å². The van der Waals surface area contributed by atoms with Crippen LogP contribution in [0.15, 0.2) is 0 Å². The van der Waals surface area contributed by atoms with Gasteiger partial charge in [-0.3, -0.25) is 4.79 Å². The van der Waals surface area contributed by atoms with Gasteiger partial charge in [0.05, 0.1) is 0 Å². The van der Waals surface area contributed by atoms with Gasteiger partial charge in [0.1, 0.15) is 6.10 Å². The Bertz CT molecular complexity index is 133. The summed E-state index contributed by atoms with van der Waals surface area (Å²) < 4.78 is 4.92.